The fourth-order valence-corrected chi connectivity index (χ4v) is 2.26. The summed E-state index contributed by atoms with van der Waals surface area (Å²) in [5.74, 6) is -0.303. The maximum atomic E-state index is 11.6. The molecule has 0 spiro atoms. The van der Waals surface area contributed by atoms with Crippen LogP contribution in [0.2, 0.25) is 0 Å². The highest BCUT2D eigenvalue weighted by Gasteiger charge is 2.08. The summed E-state index contributed by atoms with van der Waals surface area (Å²) in [6.07, 6.45) is 1.38. The lowest BCUT2D eigenvalue weighted by Crippen LogP contribution is -2.25. The molecular formula is C14H14N4O3S. The van der Waals surface area contributed by atoms with E-state index in [1.165, 1.54) is 12.3 Å². The molecule has 7 nitrogen and oxygen atoms in total. The molecule has 2 rings (SSSR count). The van der Waals surface area contributed by atoms with E-state index in [1.807, 2.05) is 31.2 Å². The molecule has 1 heterocycles. The van der Waals surface area contributed by atoms with Gasteiger partial charge in [0.05, 0.1) is 22.6 Å². The first-order valence-electron chi connectivity index (χ1n) is 6.41. The van der Waals surface area contributed by atoms with Crippen LogP contribution in [0.25, 0.3) is 0 Å². The molecule has 0 radical (unpaired) electrons. The van der Waals surface area contributed by atoms with Gasteiger partial charge in [0.2, 0.25) is 0 Å². The molecule has 0 saturated carbocycles. The summed E-state index contributed by atoms with van der Waals surface area (Å²) >= 11 is 0.989. The number of hydrazone groups is 1. The van der Waals surface area contributed by atoms with E-state index < -0.39 is 4.92 Å². The van der Waals surface area contributed by atoms with E-state index in [0.717, 1.165) is 22.6 Å². The van der Waals surface area contributed by atoms with Crippen molar-refractivity contribution in [2.24, 2.45) is 5.10 Å². The molecule has 0 unspecified atom stereocenters. The van der Waals surface area contributed by atoms with Crippen LogP contribution in [0.4, 0.5) is 10.7 Å². The standard InChI is InChI=1S/C14H14N4O3S/c1-10-2-4-11(5-3-10)15-9-13(19)17-16-8-12-6-7-14(22-12)18(20)21/h2-8,15H,9H2,1H3,(H,17,19)/b16-8-. The van der Waals surface area contributed by atoms with E-state index in [9.17, 15) is 14.9 Å². The summed E-state index contributed by atoms with van der Waals surface area (Å²) in [6, 6.07) is 10.6. The Labute approximate surface area is 130 Å². The van der Waals surface area contributed by atoms with Gasteiger partial charge in [-0.15, -0.1) is 0 Å². The van der Waals surface area contributed by atoms with Gasteiger partial charge in [-0.1, -0.05) is 29.0 Å². The van der Waals surface area contributed by atoms with E-state index in [-0.39, 0.29) is 17.5 Å². The highest BCUT2D eigenvalue weighted by Crippen LogP contribution is 2.22. The third-order valence-electron chi connectivity index (χ3n) is 2.68. The molecule has 0 aliphatic heterocycles. The Morgan fingerprint density at radius 2 is 2.05 bits per heavy atom. The highest BCUT2D eigenvalue weighted by molar-refractivity contribution is 7.16. The van der Waals surface area contributed by atoms with Crippen LogP contribution in [0.5, 0.6) is 0 Å². The van der Waals surface area contributed by atoms with Gasteiger partial charge in [-0.25, -0.2) is 5.43 Å². The normalized spacial score (nSPS) is 10.6. The molecule has 22 heavy (non-hydrogen) atoms. The number of aryl methyl sites for hydroxylation is 1. The number of nitrogens with zero attached hydrogens (tertiary/aromatic N) is 2. The minimum absolute atomic E-state index is 0.0359. The Bertz CT molecular complexity index is 694. The van der Waals surface area contributed by atoms with Gasteiger partial charge in [0.25, 0.3) is 5.91 Å². The molecule has 1 aromatic carbocycles. The Balaban J connectivity index is 1.78. The van der Waals surface area contributed by atoms with Crippen LogP contribution >= 0.6 is 11.3 Å². The number of benzene rings is 1. The third-order valence-corrected chi connectivity index (χ3v) is 3.65. The number of hydrogen-bond acceptors (Lipinski definition) is 6. The van der Waals surface area contributed by atoms with Gasteiger partial charge in [0.1, 0.15) is 0 Å². The number of nitrogens with one attached hydrogen (secondary N) is 2. The Kier molecular flexibility index (Phi) is 5.21. The number of thiophene rings is 1. The fourth-order valence-electron chi connectivity index (χ4n) is 1.57. The zero-order chi connectivity index (χ0) is 15.9. The quantitative estimate of drug-likeness (QED) is 0.486. The van der Waals surface area contributed by atoms with Crippen molar-refractivity contribution in [1.29, 1.82) is 0 Å². The molecule has 0 aliphatic rings. The van der Waals surface area contributed by atoms with Crippen LogP contribution in [0, 0.1) is 17.0 Å². The molecule has 1 aromatic heterocycles. The van der Waals surface area contributed by atoms with Gasteiger partial charge in [-0.2, -0.15) is 5.10 Å². The molecule has 2 aromatic rings. The van der Waals surface area contributed by atoms with Crippen molar-refractivity contribution in [3.05, 3.63) is 57.0 Å². The molecular weight excluding hydrogens is 304 g/mol. The number of carbonyl (C=O) groups excluding carboxylic acids is 1. The van der Waals surface area contributed by atoms with Crippen molar-refractivity contribution in [3.63, 3.8) is 0 Å². The number of rotatable bonds is 6. The zero-order valence-corrected chi connectivity index (χ0v) is 12.6. The Morgan fingerprint density at radius 1 is 1.32 bits per heavy atom. The maximum Gasteiger partial charge on any atom is 0.324 e. The topological polar surface area (TPSA) is 96.6 Å². The smallest absolute Gasteiger partial charge is 0.324 e. The van der Waals surface area contributed by atoms with Gasteiger partial charge < -0.3 is 5.32 Å². The minimum atomic E-state index is -0.466. The zero-order valence-electron chi connectivity index (χ0n) is 11.8. The molecule has 0 aliphatic carbocycles. The van der Waals surface area contributed by atoms with Crippen molar-refractivity contribution in [2.45, 2.75) is 6.92 Å². The van der Waals surface area contributed by atoms with Crippen LogP contribution in [0.15, 0.2) is 41.5 Å². The summed E-state index contributed by atoms with van der Waals surface area (Å²) in [5.41, 5.74) is 4.35. The number of anilines is 1. The predicted octanol–water partition coefficient (Wildman–Crippen LogP) is 2.53. The molecule has 114 valence electrons. The lowest BCUT2D eigenvalue weighted by atomic mass is 10.2. The summed E-state index contributed by atoms with van der Waals surface area (Å²) in [7, 11) is 0. The van der Waals surface area contributed by atoms with Crippen LogP contribution < -0.4 is 10.7 Å². The van der Waals surface area contributed by atoms with Crippen molar-refractivity contribution >= 4 is 34.1 Å². The average molecular weight is 318 g/mol. The molecule has 8 heteroatoms. The van der Waals surface area contributed by atoms with Gasteiger partial charge in [0, 0.05) is 11.8 Å². The van der Waals surface area contributed by atoms with E-state index >= 15 is 0 Å². The SMILES string of the molecule is Cc1ccc(NCC(=O)N/N=C\c2ccc([N+](=O)[O-])s2)cc1. The minimum Gasteiger partial charge on any atom is -0.376 e. The van der Waals surface area contributed by atoms with Gasteiger partial charge in [-0.3, -0.25) is 14.9 Å². The Morgan fingerprint density at radius 3 is 2.68 bits per heavy atom. The summed E-state index contributed by atoms with van der Waals surface area (Å²) < 4.78 is 0. The average Bonchev–Trinajstić information content (AvgIpc) is 2.96. The summed E-state index contributed by atoms with van der Waals surface area (Å²) in [5, 5.41) is 17.3. The summed E-state index contributed by atoms with van der Waals surface area (Å²) in [4.78, 5) is 22.3. The van der Waals surface area contributed by atoms with Gasteiger partial charge in [-0.05, 0) is 25.1 Å². The predicted molar refractivity (Wildman–Crippen MR) is 86.4 cm³/mol. The number of carbonyl (C=O) groups is 1. The first kappa shape index (κ1) is 15.6. The molecule has 0 bridgehead atoms. The highest BCUT2D eigenvalue weighted by atomic mass is 32.1. The van der Waals surface area contributed by atoms with Crippen molar-refractivity contribution in [1.82, 2.24) is 5.43 Å². The van der Waals surface area contributed by atoms with Gasteiger partial charge >= 0.3 is 5.00 Å². The summed E-state index contributed by atoms with van der Waals surface area (Å²) in [6.45, 7) is 2.07. The van der Waals surface area contributed by atoms with Crippen LogP contribution in [-0.4, -0.2) is 23.6 Å². The van der Waals surface area contributed by atoms with Crippen LogP contribution in [-0.2, 0) is 4.79 Å². The van der Waals surface area contributed by atoms with Crippen molar-refractivity contribution in [3.8, 4) is 0 Å². The third kappa shape index (κ3) is 4.67. The second-order valence-corrected chi connectivity index (χ2v) is 5.54. The largest absolute Gasteiger partial charge is 0.376 e. The molecule has 2 N–H and O–H groups in total. The van der Waals surface area contributed by atoms with E-state index in [4.69, 9.17) is 0 Å². The lowest BCUT2D eigenvalue weighted by Gasteiger charge is -2.05. The lowest BCUT2D eigenvalue weighted by molar-refractivity contribution is -0.380. The van der Waals surface area contributed by atoms with Gasteiger partial charge in [0.15, 0.2) is 0 Å². The first-order valence-corrected chi connectivity index (χ1v) is 7.23. The van der Waals surface area contributed by atoms with E-state index in [1.54, 1.807) is 6.07 Å². The van der Waals surface area contributed by atoms with E-state index in [0.29, 0.717) is 4.88 Å². The van der Waals surface area contributed by atoms with Crippen LogP contribution in [0.3, 0.4) is 0 Å². The molecule has 1 amide bonds. The molecule has 0 fully saturated rings. The molecule has 0 atom stereocenters. The number of nitro groups is 1. The monoisotopic (exact) mass is 318 g/mol. The molecule has 0 saturated heterocycles. The Hall–Kier alpha value is -2.74. The first-order chi connectivity index (χ1) is 10.5. The second-order valence-electron chi connectivity index (χ2n) is 4.45. The van der Waals surface area contributed by atoms with Crippen LogP contribution in [0.1, 0.15) is 10.4 Å². The maximum absolute atomic E-state index is 11.6. The van der Waals surface area contributed by atoms with Crippen molar-refractivity contribution < 1.29 is 9.72 Å². The second kappa shape index (κ2) is 7.32. The van der Waals surface area contributed by atoms with Crippen molar-refractivity contribution in [2.75, 3.05) is 11.9 Å². The van der Waals surface area contributed by atoms with E-state index in [2.05, 4.69) is 15.8 Å². The number of hydrogen-bond donors (Lipinski definition) is 2. The fraction of sp³-hybridized carbons (Fsp3) is 0.143. The number of amides is 1.